The summed E-state index contributed by atoms with van der Waals surface area (Å²) in [4.78, 5) is 22.7. The average molecular weight is 419 g/mol. The number of ether oxygens (including phenoxy) is 1. The molecule has 9 nitrogen and oxygen atoms in total. The number of nitrogens with one attached hydrogen (secondary N) is 1. The maximum Gasteiger partial charge on any atom is 0.307 e. The summed E-state index contributed by atoms with van der Waals surface area (Å²) in [6.45, 7) is 0.298. The Labute approximate surface area is 178 Å². The van der Waals surface area contributed by atoms with E-state index in [0.717, 1.165) is 17.5 Å². The standard InChI is InChI=1S/C22H21N5O4/c1-31-21-8-7-15(9-17(21)13-26-14-18(12-24-26)27(29)30)11-23-25-22(28)20-10-19(20)16-5-3-2-4-6-16/h2-9,11-12,14,19-20H,10,13H2,1H3,(H,25,28)/t19-,20+/m0/s1. The van der Waals surface area contributed by atoms with Crippen LogP contribution in [0.2, 0.25) is 0 Å². The SMILES string of the molecule is COc1ccc(C=NNC(=O)[C@@H]2C[C@H]2c2ccccc2)cc1Cn1cc([N+](=O)[O-])cn1. The summed E-state index contributed by atoms with van der Waals surface area (Å²) in [5.74, 6) is 0.731. The van der Waals surface area contributed by atoms with E-state index >= 15 is 0 Å². The van der Waals surface area contributed by atoms with Gasteiger partial charge in [-0.2, -0.15) is 10.2 Å². The lowest BCUT2D eigenvalue weighted by molar-refractivity contribution is -0.385. The first kappa shape index (κ1) is 20.3. The first-order valence-corrected chi connectivity index (χ1v) is 9.77. The summed E-state index contributed by atoms with van der Waals surface area (Å²) >= 11 is 0. The maximum absolute atomic E-state index is 12.3. The maximum atomic E-state index is 12.3. The first-order chi connectivity index (χ1) is 15.0. The number of carbonyl (C=O) groups excluding carboxylic acids is 1. The van der Waals surface area contributed by atoms with Crippen LogP contribution >= 0.6 is 0 Å². The van der Waals surface area contributed by atoms with Crippen molar-refractivity contribution in [1.82, 2.24) is 15.2 Å². The van der Waals surface area contributed by atoms with E-state index in [1.807, 2.05) is 42.5 Å². The lowest BCUT2D eigenvalue weighted by atomic mass is 10.1. The van der Waals surface area contributed by atoms with Gasteiger partial charge in [0.05, 0.1) is 24.8 Å². The predicted molar refractivity (Wildman–Crippen MR) is 114 cm³/mol. The summed E-state index contributed by atoms with van der Waals surface area (Å²) in [6.07, 6.45) is 4.95. The molecular formula is C22H21N5O4. The molecule has 31 heavy (non-hydrogen) atoms. The molecule has 1 aliphatic carbocycles. The van der Waals surface area contributed by atoms with Crippen molar-refractivity contribution in [2.45, 2.75) is 18.9 Å². The van der Waals surface area contributed by atoms with E-state index in [-0.39, 0.29) is 23.4 Å². The van der Waals surface area contributed by atoms with Crippen LogP contribution in [0.25, 0.3) is 0 Å². The van der Waals surface area contributed by atoms with Gasteiger partial charge in [-0.15, -0.1) is 0 Å². The average Bonchev–Trinajstić information content (AvgIpc) is 3.45. The van der Waals surface area contributed by atoms with Gasteiger partial charge in [0.25, 0.3) is 0 Å². The van der Waals surface area contributed by atoms with Gasteiger partial charge in [-0.25, -0.2) is 5.43 Å². The van der Waals surface area contributed by atoms with Crippen molar-refractivity contribution in [1.29, 1.82) is 0 Å². The quantitative estimate of drug-likeness (QED) is 0.343. The zero-order valence-corrected chi connectivity index (χ0v) is 16.8. The Balaban J connectivity index is 1.39. The molecule has 2 aromatic carbocycles. The number of benzene rings is 2. The van der Waals surface area contributed by atoms with Gasteiger partial charge in [-0.05, 0) is 41.7 Å². The summed E-state index contributed by atoms with van der Waals surface area (Å²) < 4.78 is 6.84. The summed E-state index contributed by atoms with van der Waals surface area (Å²) in [6, 6.07) is 15.4. The van der Waals surface area contributed by atoms with Gasteiger partial charge in [-0.3, -0.25) is 19.6 Å². The molecule has 158 valence electrons. The second-order valence-corrected chi connectivity index (χ2v) is 7.32. The largest absolute Gasteiger partial charge is 0.496 e. The third-order valence-corrected chi connectivity index (χ3v) is 5.21. The van der Waals surface area contributed by atoms with Crippen molar-refractivity contribution in [3.63, 3.8) is 0 Å². The van der Waals surface area contributed by atoms with Gasteiger partial charge >= 0.3 is 5.69 Å². The number of rotatable bonds is 8. The summed E-state index contributed by atoms with van der Waals surface area (Å²) in [5, 5.41) is 18.9. The van der Waals surface area contributed by atoms with Crippen molar-refractivity contribution in [2.75, 3.05) is 7.11 Å². The smallest absolute Gasteiger partial charge is 0.307 e. The van der Waals surface area contributed by atoms with Crippen molar-refractivity contribution < 1.29 is 14.5 Å². The number of hydrogen-bond donors (Lipinski definition) is 1. The lowest BCUT2D eigenvalue weighted by Crippen LogP contribution is -2.20. The minimum Gasteiger partial charge on any atom is -0.496 e. The molecule has 1 aromatic heterocycles. The zero-order chi connectivity index (χ0) is 21.8. The molecule has 0 bridgehead atoms. The lowest BCUT2D eigenvalue weighted by Gasteiger charge is -2.09. The molecule has 0 radical (unpaired) electrons. The highest BCUT2D eigenvalue weighted by Crippen LogP contribution is 2.47. The molecule has 3 aromatic rings. The van der Waals surface area contributed by atoms with Crippen LogP contribution in [-0.2, 0) is 11.3 Å². The molecule has 0 aliphatic heterocycles. The molecule has 4 rings (SSSR count). The van der Waals surface area contributed by atoms with Crippen LogP contribution in [0.5, 0.6) is 5.75 Å². The third kappa shape index (κ3) is 4.77. The number of hydrazone groups is 1. The van der Waals surface area contributed by atoms with Gasteiger partial charge in [0.1, 0.15) is 18.1 Å². The van der Waals surface area contributed by atoms with E-state index in [4.69, 9.17) is 4.74 Å². The molecular weight excluding hydrogens is 398 g/mol. The summed E-state index contributed by atoms with van der Waals surface area (Å²) in [5.41, 5.74) is 5.25. The zero-order valence-electron chi connectivity index (χ0n) is 16.8. The minimum absolute atomic E-state index is 0.0541. The Kier molecular flexibility index (Phi) is 5.74. The van der Waals surface area contributed by atoms with Crippen LogP contribution in [0.1, 0.15) is 29.0 Å². The van der Waals surface area contributed by atoms with E-state index in [1.165, 1.54) is 22.6 Å². The van der Waals surface area contributed by atoms with Crippen molar-refractivity contribution in [3.8, 4) is 5.75 Å². The topological polar surface area (TPSA) is 112 Å². The monoisotopic (exact) mass is 419 g/mol. The molecule has 1 N–H and O–H groups in total. The van der Waals surface area contributed by atoms with Gasteiger partial charge < -0.3 is 4.74 Å². The van der Waals surface area contributed by atoms with Gasteiger partial charge in [0, 0.05) is 11.5 Å². The Hall–Kier alpha value is -4.01. The number of aromatic nitrogens is 2. The van der Waals surface area contributed by atoms with Crippen LogP contribution in [0.4, 0.5) is 5.69 Å². The molecule has 1 amide bonds. The van der Waals surface area contributed by atoms with Crippen molar-refractivity contribution in [2.24, 2.45) is 11.0 Å². The van der Waals surface area contributed by atoms with E-state index in [2.05, 4.69) is 15.6 Å². The van der Waals surface area contributed by atoms with Gasteiger partial charge in [0.15, 0.2) is 0 Å². The van der Waals surface area contributed by atoms with Crippen LogP contribution < -0.4 is 10.2 Å². The number of hydrogen-bond acceptors (Lipinski definition) is 6. The van der Waals surface area contributed by atoms with Gasteiger partial charge in [0.2, 0.25) is 5.91 Å². The van der Waals surface area contributed by atoms with E-state index < -0.39 is 4.92 Å². The fourth-order valence-corrected chi connectivity index (χ4v) is 3.52. The van der Waals surface area contributed by atoms with Crippen molar-refractivity contribution >= 4 is 17.8 Å². The van der Waals surface area contributed by atoms with Crippen LogP contribution in [0, 0.1) is 16.0 Å². The minimum atomic E-state index is -0.491. The highest BCUT2D eigenvalue weighted by molar-refractivity contribution is 5.85. The predicted octanol–water partition coefficient (Wildman–Crippen LogP) is 3.10. The van der Waals surface area contributed by atoms with E-state index in [9.17, 15) is 14.9 Å². The summed E-state index contributed by atoms with van der Waals surface area (Å²) in [7, 11) is 1.55. The molecule has 2 atom stereocenters. The Morgan fingerprint density at radius 1 is 1.35 bits per heavy atom. The Morgan fingerprint density at radius 3 is 2.87 bits per heavy atom. The number of nitro groups is 1. The number of methoxy groups -OCH3 is 1. The number of carbonyl (C=O) groups is 1. The molecule has 0 saturated heterocycles. The van der Waals surface area contributed by atoms with Crippen LogP contribution in [0.15, 0.2) is 66.0 Å². The van der Waals surface area contributed by atoms with Crippen molar-refractivity contribution in [3.05, 3.63) is 87.7 Å². The molecule has 1 heterocycles. The molecule has 1 fully saturated rings. The Morgan fingerprint density at radius 2 is 2.16 bits per heavy atom. The molecule has 9 heteroatoms. The second-order valence-electron chi connectivity index (χ2n) is 7.32. The second kappa shape index (κ2) is 8.78. The molecule has 0 spiro atoms. The number of amides is 1. The highest BCUT2D eigenvalue weighted by atomic mass is 16.6. The highest BCUT2D eigenvalue weighted by Gasteiger charge is 2.43. The van der Waals surface area contributed by atoms with Crippen LogP contribution in [-0.4, -0.2) is 33.9 Å². The van der Waals surface area contributed by atoms with E-state index in [0.29, 0.717) is 12.3 Å². The molecule has 1 aliphatic rings. The third-order valence-electron chi connectivity index (χ3n) is 5.21. The van der Waals surface area contributed by atoms with Crippen LogP contribution in [0.3, 0.4) is 0 Å². The first-order valence-electron chi connectivity index (χ1n) is 9.77. The van der Waals surface area contributed by atoms with E-state index in [1.54, 1.807) is 19.4 Å². The van der Waals surface area contributed by atoms with Gasteiger partial charge in [-0.1, -0.05) is 30.3 Å². The fourth-order valence-electron chi connectivity index (χ4n) is 3.52. The normalized spacial score (nSPS) is 17.5. The Bertz CT molecular complexity index is 1130. The molecule has 0 unspecified atom stereocenters. The number of nitrogens with zero attached hydrogens (tertiary/aromatic N) is 4. The molecule has 1 saturated carbocycles. The fraction of sp³-hybridized carbons (Fsp3) is 0.227.